The first-order valence-corrected chi connectivity index (χ1v) is 6.09. The van der Waals surface area contributed by atoms with Gasteiger partial charge in [-0.05, 0) is 42.5 Å². The van der Waals surface area contributed by atoms with Gasteiger partial charge in [0.15, 0.2) is 0 Å². The molecule has 0 radical (unpaired) electrons. The van der Waals surface area contributed by atoms with Gasteiger partial charge in [-0.15, -0.1) is 12.4 Å². The van der Waals surface area contributed by atoms with Crippen LogP contribution in [0.5, 0.6) is 0 Å². The first-order chi connectivity index (χ1) is 8.88. The number of hydrogen-bond acceptors (Lipinski definition) is 2. The molecule has 2 rings (SSSR count). The van der Waals surface area contributed by atoms with Gasteiger partial charge >= 0.3 is 6.18 Å². The van der Waals surface area contributed by atoms with E-state index in [0.717, 1.165) is 12.1 Å². The van der Waals surface area contributed by atoms with Crippen molar-refractivity contribution >= 4 is 12.4 Å². The van der Waals surface area contributed by atoms with Crippen molar-refractivity contribution in [3.63, 3.8) is 0 Å². The van der Waals surface area contributed by atoms with Gasteiger partial charge in [0.05, 0.1) is 5.56 Å². The Balaban J connectivity index is 0.00000200. The Hall–Kier alpha value is -0.850. The molecule has 1 saturated heterocycles. The van der Waals surface area contributed by atoms with E-state index in [1.807, 2.05) is 0 Å². The summed E-state index contributed by atoms with van der Waals surface area (Å²) in [5.74, 6) is -0.885. The molecule has 1 aliphatic heterocycles. The van der Waals surface area contributed by atoms with Crippen LogP contribution in [0.25, 0.3) is 0 Å². The molecule has 1 fully saturated rings. The molecule has 7 heteroatoms. The zero-order valence-corrected chi connectivity index (χ0v) is 11.4. The maximum atomic E-state index is 13.3. The van der Waals surface area contributed by atoms with Gasteiger partial charge in [-0.25, -0.2) is 4.39 Å². The van der Waals surface area contributed by atoms with Crippen molar-refractivity contribution in [2.75, 3.05) is 13.2 Å². The van der Waals surface area contributed by atoms with E-state index >= 15 is 0 Å². The number of ether oxygens (including phenoxy) is 1. The zero-order chi connectivity index (χ0) is 14.0. The largest absolute Gasteiger partial charge is 0.416 e. The fraction of sp³-hybridized carbons (Fsp3) is 0.538. The molecule has 2 N–H and O–H groups in total. The van der Waals surface area contributed by atoms with Gasteiger partial charge in [-0.1, -0.05) is 0 Å². The predicted octanol–water partition coefficient (Wildman–Crippen LogP) is 3.69. The van der Waals surface area contributed by atoms with E-state index in [0.29, 0.717) is 32.1 Å². The van der Waals surface area contributed by atoms with Crippen LogP contribution in [0.15, 0.2) is 18.2 Å². The number of benzene rings is 1. The molecule has 1 heterocycles. The molecule has 0 spiro atoms. The Bertz CT molecular complexity index is 446. The third-order valence-electron chi connectivity index (χ3n) is 3.41. The van der Waals surface area contributed by atoms with Gasteiger partial charge in [-0.3, -0.25) is 0 Å². The molecule has 0 aromatic heterocycles. The van der Waals surface area contributed by atoms with Gasteiger partial charge in [0.25, 0.3) is 0 Å². The molecule has 1 aromatic carbocycles. The van der Waals surface area contributed by atoms with Gasteiger partial charge in [0.1, 0.15) is 5.82 Å². The summed E-state index contributed by atoms with van der Waals surface area (Å²) in [7, 11) is 0. The first-order valence-electron chi connectivity index (χ1n) is 6.09. The Morgan fingerprint density at radius 3 is 2.30 bits per heavy atom. The number of hydrogen-bond donors (Lipinski definition) is 1. The van der Waals surface area contributed by atoms with E-state index in [1.54, 1.807) is 0 Å². The van der Waals surface area contributed by atoms with Crippen LogP contribution in [-0.2, 0) is 10.9 Å². The average Bonchev–Trinajstić information content (AvgIpc) is 2.37. The number of rotatable bonds is 2. The molecule has 1 aliphatic rings. The van der Waals surface area contributed by atoms with Crippen molar-refractivity contribution in [2.45, 2.75) is 25.1 Å². The van der Waals surface area contributed by atoms with Crippen LogP contribution in [0.3, 0.4) is 0 Å². The topological polar surface area (TPSA) is 35.2 Å². The molecule has 0 amide bonds. The minimum absolute atomic E-state index is 0. The lowest BCUT2D eigenvalue weighted by molar-refractivity contribution is -0.137. The van der Waals surface area contributed by atoms with Crippen molar-refractivity contribution in [2.24, 2.45) is 11.7 Å². The van der Waals surface area contributed by atoms with Gasteiger partial charge in [0.2, 0.25) is 0 Å². The highest BCUT2D eigenvalue weighted by molar-refractivity contribution is 5.85. The summed E-state index contributed by atoms with van der Waals surface area (Å²) in [5, 5.41) is 0. The van der Waals surface area contributed by atoms with E-state index in [4.69, 9.17) is 10.5 Å². The third kappa shape index (κ3) is 4.07. The van der Waals surface area contributed by atoms with Crippen LogP contribution in [-0.4, -0.2) is 13.2 Å². The molecule has 20 heavy (non-hydrogen) atoms. The number of alkyl halides is 3. The van der Waals surface area contributed by atoms with Crippen LogP contribution >= 0.6 is 12.4 Å². The van der Waals surface area contributed by atoms with E-state index in [2.05, 4.69) is 0 Å². The SMILES string of the molecule is Cl.N[C@@H](c1cc(F)cc(C(F)(F)F)c1)C1CCOCC1. The molecule has 0 unspecified atom stereocenters. The monoisotopic (exact) mass is 313 g/mol. The summed E-state index contributed by atoms with van der Waals surface area (Å²) in [4.78, 5) is 0. The van der Waals surface area contributed by atoms with Crippen molar-refractivity contribution in [3.05, 3.63) is 35.1 Å². The third-order valence-corrected chi connectivity index (χ3v) is 3.41. The van der Waals surface area contributed by atoms with Crippen LogP contribution < -0.4 is 5.73 Å². The highest BCUT2D eigenvalue weighted by Gasteiger charge is 2.32. The molecule has 1 atom stereocenters. The molecule has 114 valence electrons. The lowest BCUT2D eigenvalue weighted by Crippen LogP contribution is -2.27. The Morgan fingerprint density at radius 2 is 1.75 bits per heavy atom. The van der Waals surface area contributed by atoms with E-state index in [-0.39, 0.29) is 23.9 Å². The summed E-state index contributed by atoms with van der Waals surface area (Å²) < 4.78 is 56.4. The van der Waals surface area contributed by atoms with Crippen LogP contribution in [0, 0.1) is 11.7 Å². The Kier molecular flexibility index (Phi) is 5.79. The fourth-order valence-electron chi connectivity index (χ4n) is 2.32. The van der Waals surface area contributed by atoms with Crippen LogP contribution in [0.2, 0.25) is 0 Å². The average molecular weight is 314 g/mol. The summed E-state index contributed by atoms with van der Waals surface area (Å²) >= 11 is 0. The maximum absolute atomic E-state index is 13.3. The van der Waals surface area contributed by atoms with Crippen LogP contribution in [0.4, 0.5) is 17.6 Å². The van der Waals surface area contributed by atoms with Crippen molar-refractivity contribution < 1.29 is 22.3 Å². The second kappa shape index (κ2) is 6.74. The highest BCUT2D eigenvalue weighted by atomic mass is 35.5. The maximum Gasteiger partial charge on any atom is 0.416 e. The van der Waals surface area contributed by atoms with Crippen LogP contribution in [0.1, 0.15) is 30.0 Å². The highest BCUT2D eigenvalue weighted by Crippen LogP contribution is 2.34. The minimum Gasteiger partial charge on any atom is -0.381 e. The second-order valence-electron chi connectivity index (χ2n) is 4.75. The lowest BCUT2D eigenvalue weighted by atomic mass is 9.87. The second-order valence-corrected chi connectivity index (χ2v) is 4.75. The molecule has 2 nitrogen and oxygen atoms in total. The molecule has 0 saturated carbocycles. The first kappa shape index (κ1) is 17.2. The smallest absolute Gasteiger partial charge is 0.381 e. The number of nitrogens with two attached hydrogens (primary N) is 1. The normalized spacial score (nSPS) is 18.4. The van der Waals surface area contributed by atoms with Crippen molar-refractivity contribution in [1.29, 1.82) is 0 Å². The van der Waals surface area contributed by atoms with E-state index < -0.39 is 23.6 Å². The molecule has 0 aliphatic carbocycles. The summed E-state index contributed by atoms with van der Waals surface area (Å²) in [5.41, 5.74) is 5.16. The summed E-state index contributed by atoms with van der Waals surface area (Å²) in [6, 6.07) is 1.90. The molecular weight excluding hydrogens is 298 g/mol. The standard InChI is InChI=1S/C13H15F4NO.ClH/c14-11-6-9(5-10(7-11)13(15,16)17)12(18)8-1-3-19-4-2-8;/h5-8,12H,1-4,18H2;1H/t12-;/m1./s1. The molecule has 1 aromatic rings. The fourth-order valence-corrected chi connectivity index (χ4v) is 2.32. The quantitative estimate of drug-likeness (QED) is 0.845. The zero-order valence-electron chi connectivity index (χ0n) is 10.6. The van der Waals surface area contributed by atoms with Gasteiger partial charge < -0.3 is 10.5 Å². The van der Waals surface area contributed by atoms with Gasteiger partial charge in [0, 0.05) is 19.3 Å². The Morgan fingerprint density at radius 1 is 1.15 bits per heavy atom. The van der Waals surface area contributed by atoms with Crippen molar-refractivity contribution in [1.82, 2.24) is 0 Å². The minimum atomic E-state index is -4.56. The Labute approximate surface area is 120 Å². The summed E-state index contributed by atoms with van der Waals surface area (Å²) in [6.45, 7) is 1.08. The van der Waals surface area contributed by atoms with Gasteiger partial charge in [-0.2, -0.15) is 13.2 Å². The predicted molar refractivity (Wildman–Crippen MR) is 69.1 cm³/mol. The van der Waals surface area contributed by atoms with E-state index in [9.17, 15) is 17.6 Å². The van der Waals surface area contributed by atoms with E-state index in [1.165, 1.54) is 0 Å². The van der Waals surface area contributed by atoms with Crippen molar-refractivity contribution in [3.8, 4) is 0 Å². The molecule has 0 bridgehead atoms. The lowest BCUT2D eigenvalue weighted by Gasteiger charge is -2.28. The number of halogens is 5. The summed E-state index contributed by atoms with van der Waals surface area (Å²) in [6.07, 6.45) is -3.20. The molecular formula is C13H16ClF4NO.